The van der Waals surface area contributed by atoms with Crippen molar-refractivity contribution in [3.05, 3.63) is 23.3 Å². The number of aryl methyl sites for hydroxylation is 1. The van der Waals surface area contributed by atoms with E-state index < -0.39 is 0 Å². The molecule has 1 aromatic heterocycles. The molecule has 0 atom stereocenters. The summed E-state index contributed by atoms with van der Waals surface area (Å²) in [6, 6.07) is 2.08. The molecule has 1 aliphatic carbocycles. The molecular formula is C14H20N2O. The zero-order valence-electron chi connectivity index (χ0n) is 10.7. The second-order valence-electron chi connectivity index (χ2n) is 5.06. The summed E-state index contributed by atoms with van der Waals surface area (Å²) in [6.45, 7) is 3.57. The normalized spacial score (nSPS) is 17.1. The van der Waals surface area contributed by atoms with Crippen molar-refractivity contribution in [1.29, 1.82) is 0 Å². The fourth-order valence-electron chi connectivity index (χ4n) is 2.57. The quantitative estimate of drug-likeness (QED) is 0.804. The third kappa shape index (κ3) is 3.35. The maximum absolute atomic E-state index is 11.1. The van der Waals surface area contributed by atoms with E-state index in [1.165, 1.54) is 32.1 Å². The predicted octanol–water partition coefficient (Wildman–Crippen LogP) is 2.96. The predicted molar refractivity (Wildman–Crippen MR) is 67.0 cm³/mol. The second kappa shape index (κ2) is 5.39. The molecule has 0 N–H and O–H groups in total. The van der Waals surface area contributed by atoms with Crippen LogP contribution in [0.3, 0.4) is 0 Å². The molecule has 0 bridgehead atoms. The molecule has 3 heteroatoms. The van der Waals surface area contributed by atoms with Gasteiger partial charge in [0, 0.05) is 17.3 Å². The number of hydrogen-bond donors (Lipinski definition) is 0. The number of nitrogens with zero attached hydrogens (tertiary/aromatic N) is 2. The lowest BCUT2D eigenvalue weighted by atomic mass is 9.86. The summed E-state index contributed by atoms with van der Waals surface area (Å²) in [5.74, 6) is 1.40. The van der Waals surface area contributed by atoms with Gasteiger partial charge in [0.2, 0.25) is 0 Å². The zero-order chi connectivity index (χ0) is 12.3. The van der Waals surface area contributed by atoms with Gasteiger partial charge in [-0.05, 0) is 32.8 Å². The minimum absolute atomic E-state index is 0.130. The number of carbonyl (C=O) groups is 1. The van der Waals surface area contributed by atoms with Gasteiger partial charge < -0.3 is 0 Å². The average molecular weight is 232 g/mol. The summed E-state index contributed by atoms with van der Waals surface area (Å²) in [6.07, 6.45) is 6.78. The van der Waals surface area contributed by atoms with Crippen LogP contribution >= 0.6 is 0 Å². The van der Waals surface area contributed by atoms with Crippen LogP contribution in [0.4, 0.5) is 0 Å². The molecule has 0 spiro atoms. The van der Waals surface area contributed by atoms with Gasteiger partial charge in [-0.1, -0.05) is 19.3 Å². The Kier molecular flexibility index (Phi) is 3.87. The lowest BCUT2D eigenvalue weighted by Gasteiger charge is -2.21. The van der Waals surface area contributed by atoms with E-state index >= 15 is 0 Å². The van der Waals surface area contributed by atoms with Crippen LogP contribution in [-0.2, 0) is 11.2 Å². The first-order valence-electron chi connectivity index (χ1n) is 6.49. The Balaban J connectivity index is 2.20. The van der Waals surface area contributed by atoms with Crippen LogP contribution in [0.5, 0.6) is 0 Å². The summed E-state index contributed by atoms with van der Waals surface area (Å²) in [5.41, 5.74) is 2.13. The van der Waals surface area contributed by atoms with Crippen molar-refractivity contribution in [2.75, 3.05) is 0 Å². The van der Waals surface area contributed by atoms with Crippen molar-refractivity contribution in [2.45, 2.75) is 58.3 Å². The van der Waals surface area contributed by atoms with Crippen LogP contribution in [0.25, 0.3) is 0 Å². The Hall–Kier alpha value is -1.25. The summed E-state index contributed by atoms with van der Waals surface area (Å²) >= 11 is 0. The Labute approximate surface area is 103 Å². The van der Waals surface area contributed by atoms with E-state index in [4.69, 9.17) is 0 Å². The highest BCUT2D eigenvalue weighted by molar-refractivity contribution is 5.77. The van der Waals surface area contributed by atoms with Gasteiger partial charge >= 0.3 is 0 Å². The maximum Gasteiger partial charge on any atom is 0.137 e. The Morgan fingerprint density at radius 1 is 1.29 bits per heavy atom. The molecule has 0 aromatic carbocycles. The van der Waals surface area contributed by atoms with Crippen molar-refractivity contribution >= 4 is 5.78 Å². The van der Waals surface area contributed by atoms with Crippen LogP contribution in [0, 0.1) is 6.92 Å². The fraction of sp³-hybridized carbons (Fsp3) is 0.643. The van der Waals surface area contributed by atoms with Crippen LogP contribution in [0.2, 0.25) is 0 Å². The van der Waals surface area contributed by atoms with E-state index in [-0.39, 0.29) is 5.78 Å². The van der Waals surface area contributed by atoms with Gasteiger partial charge in [0.05, 0.1) is 6.42 Å². The second-order valence-corrected chi connectivity index (χ2v) is 5.06. The molecule has 0 aliphatic heterocycles. The van der Waals surface area contributed by atoms with E-state index in [0.717, 1.165) is 11.4 Å². The Morgan fingerprint density at radius 3 is 2.65 bits per heavy atom. The summed E-state index contributed by atoms with van der Waals surface area (Å²) < 4.78 is 0. The highest BCUT2D eigenvalue weighted by Gasteiger charge is 2.18. The molecule has 1 aliphatic rings. The van der Waals surface area contributed by atoms with Gasteiger partial charge in [-0.15, -0.1) is 0 Å². The molecule has 1 saturated carbocycles. The molecule has 1 aromatic rings. The first-order valence-corrected chi connectivity index (χ1v) is 6.49. The topological polar surface area (TPSA) is 42.9 Å². The minimum Gasteiger partial charge on any atom is -0.300 e. The van der Waals surface area contributed by atoms with Crippen LogP contribution in [0.1, 0.15) is 62.2 Å². The third-order valence-corrected chi connectivity index (χ3v) is 3.35. The van der Waals surface area contributed by atoms with Gasteiger partial charge in [0.1, 0.15) is 11.6 Å². The van der Waals surface area contributed by atoms with Crippen molar-refractivity contribution in [2.24, 2.45) is 0 Å². The lowest BCUT2D eigenvalue weighted by molar-refractivity contribution is -0.116. The first-order chi connectivity index (χ1) is 8.15. The molecule has 0 amide bonds. The number of rotatable bonds is 3. The van der Waals surface area contributed by atoms with Crippen molar-refractivity contribution < 1.29 is 4.79 Å². The van der Waals surface area contributed by atoms with E-state index in [2.05, 4.69) is 16.0 Å². The summed E-state index contributed by atoms with van der Waals surface area (Å²) in [7, 11) is 0. The monoisotopic (exact) mass is 232 g/mol. The molecule has 0 radical (unpaired) electrons. The number of Topliss-reactive ketones (excluding diaryl/α,β-unsaturated/α-hetero) is 1. The van der Waals surface area contributed by atoms with Crippen molar-refractivity contribution in [1.82, 2.24) is 9.97 Å². The molecule has 3 nitrogen and oxygen atoms in total. The van der Waals surface area contributed by atoms with Crippen molar-refractivity contribution in [3.8, 4) is 0 Å². The Morgan fingerprint density at radius 2 is 2.00 bits per heavy atom. The Bertz CT molecular complexity index is 409. The van der Waals surface area contributed by atoms with Gasteiger partial charge in [-0.2, -0.15) is 0 Å². The van der Waals surface area contributed by atoms with E-state index in [1.807, 2.05) is 6.92 Å². The maximum atomic E-state index is 11.1. The lowest BCUT2D eigenvalue weighted by Crippen LogP contribution is -2.11. The molecule has 1 heterocycles. The molecule has 92 valence electrons. The number of ketones is 1. The zero-order valence-corrected chi connectivity index (χ0v) is 10.7. The molecule has 2 rings (SSSR count). The fourth-order valence-corrected chi connectivity index (χ4v) is 2.57. The van der Waals surface area contributed by atoms with Crippen LogP contribution in [0.15, 0.2) is 6.07 Å². The average Bonchev–Trinajstić information content (AvgIpc) is 2.28. The largest absolute Gasteiger partial charge is 0.300 e. The van der Waals surface area contributed by atoms with Crippen LogP contribution < -0.4 is 0 Å². The molecule has 0 unspecified atom stereocenters. The minimum atomic E-state index is 0.130. The van der Waals surface area contributed by atoms with E-state index in [1.54, 1.807) is 6.92 Å². The van der Waals surface area contributed by atoms with Crippen LogP contribution in [-0.4, -0.2) is 15.8 Å². The molecule has 0 saturated heterocycles. The molecule has 1 fully saturated rings. The van der Waals surface area contributed by atoms with E-state index in [0.29, 0.717) is 18.2 Å². The smallest absolute Gasteiger partial charge is 0.137 e. The first kappa shape index (κ1) is 12.2. The SMILES string of the molecule is CC(=O)Cc1nc(C)cc(C2CCCCC2)n1. The van der Waals surface area contributed by atoms with Gasteiger partial charge in [0.15, 0.2) is 0 Å². The van der Waals surface area contributed by atoms with Gasteiger partial charge in [-0.3, -0.25) is 4.79 Å². The highest BCUT2D eigenvalue weighted by atomic mass is 16.1. The molecular weight excluding hydrogens is 212 g/mol. The number of carbonyl (C=O) groups excluding carboxylic acids is 1. The third-order valence-electron chi connectivity index (χ3n) is 3.35. The number of hydrogen-bond acceptors (Lipinski definition) is 3. The van der Waals surface area contributed by atoms with E-state index in [9.17, 15) is 4.79 Å². The number of aromatic nitrogens is 2. The summed E-state index contributed by atoms with van der Waals surface area (Å²) in [5, 5.41) is 0. The van der Waals surface area contributed by atoms with Crippen molar-refractivity contribution in [3.63, 3.8) is 0 Å². The molecule has 17 heavy (non-hydrogen) atoms. The van der Waals surface area contributed by atoms with Gasteiger partial charge in [0.25, 0.3) is 0 Å². The van der Waals surface area contributed by atoms with Gasteiger partial charge in [-0.25, -0.2) is 9.97 Å². The highest BCUT2D eigenvalue weighted by Crippen LogP contribution is 2.31. The standard InChI is InChI=1S/C14H20N2O/c1-10-8-13(12-6-4-3-5-7-12)16-14(15-10)9-11(2)17/h8,12H,3-7,9H2,1-2H3. The summed E-state index contributed by atoms with van der Waals surface area (Å²) in [4.78, 5) is 20.0.